The number of likely N-dealkylation sites (N-methyl/N-ethyl adjacent to an activating group) is 1. The minimum Gasteiger partial charge on any atom is -0.467 e. The van der Waals surface area contributed by atoms with Crippen LogP contribution in [0.2, 0.25) is 0 Å². The average molecular weight is 254 g/mol. The molecule has 0 bridgehead atoms. The zero-order valence-electron chi connectivity index (χ0n) is 12.2. The number of hydrogen-bond acceptors (Lipinski definition) is 4. The standard InChI is InChI=1S/C14H26N2O2/c1-11(2)15-7-13-6-14(18-9-13)10-17-12(3)8-16(4)5/h6,9,11-12,15H,7-8,10H2,1-5H3. The van der Waals surface area contributed by atoms with Gasteiger partial charge in [0, 0.05) is 24.7 Å². The van der Waals surface area contributed by atoms with E-state index >= 15 is 0 Å². The van der Waals surface area contributed by atoms with Crippen molar-refractivity contribution in [1.82, 2.24) is 10.2 Å². The SMILES string of the molecule is CC(C)NCc1coc(COC(C)CN(C)C)c1. The van der Waals surface area contributed by atoms with E-state index in [1.165, 1.54) is 5.56 Å². The summed E-state index contributed by atoms with van der Waals surface area (Å²) in [5.41, 5.74) is 1.17. The highest BCUT2D eigenvalue weighted by Crippen LogP contribution is 2.10. The van der Waals surface area contributed by atoms with Crippen molar-refractivity contribution >= 4 is 0 Å². The number of nitrogens with zero attached hydrogens (tertiary/aromatic N) is 1. The van der Waals surface area contributed by atoms with Crippen LogP contribution in [0.3, 0.4) is 0 Å². The maximum absolute atomic E-state index is 5.72. The first kappa shape index (κ1) is 15.2. The van der Waals surface area contributed by atoms with Crippen molar-refractivity contribution in [3.05, 3.63) is 23.7 Å². The fourth-order valence-electron chi connectivity index (χ4n) is 1.71. The molecule has 0 aromatic carbocycles. The predicted molar refractivity (Wildman–Crippen MR) is 73.5 cm³/mol. The second-order valence-corrected chi connectivity index (χ2v) is 5.34. The molecule has 4 heteroatoms. The number of furan rings is 1. The topological polar surface area (TPSA) is 37.6 Å². The first-order valence-electron chi connectivity index (χ1n) is 6.53. The Labute approximate surface area is 110 Å². The smallest absolute Gasteiger partial charge is 0.129 e. The monoisotopic (exact) mass is 254 g/mol. The molecule has 1 N–H and O–H groups in total. The van der Waals surface area contributed by atoms with Crippen LogP contribution in [0.4, 0.5) is 0 Å². The summed E-state index contributed by atoms with van der Waals surface area (Å²) >= 11 is 0. The maximum Gasteiger partial charge on any atom is 0.129 e. The van der Waals surface area contributed by atoms with Crippen molar-refractivity contribution in [3.63, 3.8) is 0 Å². The van der Waals surface area contributed by atoms with Gasteiger partial charge in [0.1, 0.15) is 12.4 Å². The van der Waals surface area contributed by atoms with E-state index in [0.717, 1.165) is 18.8 Å². The lowest BCUT2D eigenvalue weighted by atomic mass is 10.3. The fourth-order valence-corrected chi connectivity index (χ4v) is 1.71. The van der Waals surface area contributed by atoms with Gasteiger partial charge in [-0.15, -0.1) is 0 Å². The highest BCUT2D eigenvalue weighted by Gasteiger charge is 2.07. The third-order valence-corrected chi connectivity index (χ3v) is 2.55. The normalized spacial score (nSPS) is 13.5. The van der Waals surface area contributed by atoms with Crippen LogP contribution < -0.4 is 5.32 Å². The van der Waals surface area contributed by atoms with E-state index in [2.05, 4.69) is 37.1 Å². The van der Waals surface area contributed by atoms with Crippen molar-refractivity contribution < 1.29 is 9.15 Å². The van der Waals surface area contributed by atoms with Gasteiger partial charge in [-0.3, -0.25) is 0 Å². The van der Waals surface area contributed by atoms with Gasteiger partial charge in [-0.25, -0.2) is 0 Å². The zero-order valence-corrected chi connectivity index (χ0v) is 12.2. The maximum atomic E-state index is 5.72. The molecule has 0 saturated heterocycles. The zero-order chi connectivity index (χ0) is 13.5. The van der Waals surface area contributed by atoms with Crippen molar-refractivity contribution in [2.45, 2.75) is 46.1 Å². The summed E-state index contributed by atoms with van der Waals surface area (Å²) < 4.78 is 11.2. The van der Waals surface area contributed by atoms with Crippen LogP contribution in [0.1, 0.15) is 32.1 Å². The quantitative estimate of drug-likeness (QED) is 0.772. The number of hydrogen-bond donors (Lipinski definition) is 1. The third kappa shape index (κ3) is 6.19. The Hall–Kier alpha value is -0.840. The van der Waals surface area contributed by atoms with Crippen LogP contribution in [-0.4, -0.2) is 37.7 Å². The largest absolute Gasteiger partial charge is 0.467 e. The number of rotatable bonds is 8. The molecule has 1 aromatic heterocycles. The van der Waals surface area contributed by atoms with Crippen LogP contribution in [0, 0.1) is 0 Å². The highest BCUT2D eigenvalue weighted by molar-refractivity contribution is 5.12. The van der Waals surface area contributed by atoms with Crippen molar-refractivity contribution in [1.29, 1.82) is 0 Å². The van der Waals surface area contributed by atoms with E-state index in [0.29, 0.717) is 12.6 Å². The van der Waals surface area contributed by atoms with Gasteiger partial charge in [-0.2, -0.15) is 0 Å². The number of nitrogens with one attached hydrogen (secondary N) is 1. The Bertz CT molecular complexity index is 334. The molecular weight excluding hydrogens is 228 g/mol. The molecule has 4 nitrogen and oxygen atoms in total. The minimum atomic E-state index is 0.210. The van der Waals surface area contributed by atoms with Crippen molar-refractivity contribution in [2.75, 3.05) is 20.6 Å². The molecule has 18 heavy (non-hydrogen) atoms. The Morgan fingerprint density at radius 3 is 2.67 bits per heavy atom. The van der Waals surface area contributed by atoms with Crippen molar-refractivity contribution in [2.24, 2.45) is 0 Å². The van der Waals surface area contributed by atoms with Gasteiger partial charge in [-0.1, -0.05) is 13.8 Å². The van der Waals surface area contributed by atoms with Crippen LogP contribution in [0.15, 0.2) is 16.7 Å². The lowest BCUT2D eigenvalue weighted by molar-refractivity contribution is 0.0276. The van der Waals surface area contributed by atoms with Crippen LogP contribution in [0.5, 0.6) is 0 Å². The molecule has 0 radical (unpaired) electrons. The van der Waals surface area contributed by atoms with Crippen LogP contribution >= 0.6 is 0 Å². The Kier molecular flexibility index (Phi) is 6.39. The molecule has 0 fully saturated rings. The van der Waals surface area contributed by atoms with E-state index in [-0.39, 0.29) is 6.10 Å². The molecule has 1 unspecified atom stereocenters. The second kappa shape index (κ2) is 7.56. The Morgan fingerprint density at radius 1 is 1.33 bits per heavy atom. The lowest BCUT2D eigenvalue weighted by Gasteiger charge is -2.16. The third-order valence-electron chi connectivity index (χ3n) is 2.55. The van der Waals surface area contributed by atoms with Gasteiger partial charge in [0.05, 0.1) is 12.4 Å². The van der Waals surface area contributed by atoms with E-state index in [4.69, 9.17) is 9.15 Å². The molecule has 0 amide bonds. The molecule has 104 valence electrons. The van der Waals surface area contributed by atoms with Gasteiger partial charge in [0.25, 0.3) is 0 Å². The highest BCUT2D eigenvalue weighted by atomic mass is 16.5. The second-order valence-electron chi connectivity index (χ2n) is 5.34. The van der Waals surface area contributed by atoms with Gasteiger partial charge in [0.15, 0.2) is 0 Å². The molecule has 1 heterocycles. The average Bonchev–Trinajstić information content (AvgIpc) is 2.70. The molecule has 1 aromatic rings. The molecule has 1 atom stereocenters. The molecular formula is C14H26N2O2. The number of ether oxygens (including phenoxy) is 1. The molecule has 1 rings (SSSR count). The van der Waals surface area contributed by atoms with E-state index in [9.17, 15) is 0 Å². The summed E-state index contributed by atoms with van der Waals surface area (Å²) in [5, 5.41) is 3.36. The Balaban J connectivity index is 2.30. The first-order valence-corrected chi connectivity index (χ1v) is 6.53. The summed E-state index contributed by atoms with van der Waals surface area (Å²) in [5.74, 6) is 0.890. The fraction of sp³-hybridized carbons (Fsp3) is 0.714. The molecule has 0 aliphatic rings. The molecule has 0 aliphatic carbocycles. The summed E-state index contributed by atoms with van der Waals surface area (Å²) in [7, 11) is 4.09. The Morgan fingerprint density at radius 2 is 2.06 bits per heavy atom. The summed E-state index contributed by atoms with van der Waals surface area (Å²) in [4.78, 5) is 2.12. The van der Waals surface area contributed by atoms with E-state index < -0.39 is 0 Å². The van der Waals surface area contributed by atoms with Gasteiger partial charge < -0.3 is 19.4 Å². The van der Waals surface area contributed by atoms with E-state index in [1.54, 1.807) is 6.26 Å². The summed E-state index contributed by atoms with van der Waals surface area (Å²) in [6.45, 7) is 8.64. The molecule has 0 saturated carbocycles. The summed E-state index contributed by atoms with van der Waals surface area (Å²) in [6.07, 6.45) is 2.01. The van der Waals surface area contributed by atoms with Gasteiger partial charge >= 0.3 is 0 Å². The minimum absolute atomic E-state index is 0.210. The molecule has 0 aliphatic heterocycles. The predicted octanol–water partition coefficient (Wildman–Crippen LogP) is 2.24. The van der Waals surface area contributed by atoms with E-state index in [1.807, 2.05) is 14.1 Å². The van der Waals surface area contributed by atoms with Gasteiger partial charge in [0.2, 0.25) is 0 Å². The van der Waals surface area contributed by atoms with Crippen molar-refractivity contribution in [3.8, 4) is 0 Å². The van der Waals surface area contributed by atoms with Crippen LogP contribution in [0.25, 0.3) is 0 Å². The molecule has 0 spiro atoms. The first-order chi connectivity index (χ1) is 8.47. The van der Waals surface area contributed by atoms with Crippen LogP contribution in [-0.2, 0) is 17.9 Å². The lowest BCUT2D eigenvalue weighted by Crippen LogP contribution is -2.25. The van der Waals surface area contributed by atoms with Gasteiger partial charge in [-0.05, 0) is 27.1 Å². The summed E-state index contributed by atoms with van der Waals surface area (Å²) in [6, 6.07) is 2.54.